The van der Waals surface area contributed by atoms with Crippen molar-refractivity contribution in [2.45, 2.75) is 0 Å². The minimum absolute atomic E-state index is 0. The quantitative estimate of drug-likeness (QED) is 0.344. The monoisotopic (exact) mass is 310 g/mol. The second-order valence-corrected chi connectivity index (χ2v) is 1.34. The molecule has 0 aromatic carbocycles. The van der Waals surface area contributed by atoms with E-state index in [2.05, 4.69) is 0 Å². The molecule has 0 radical (unpaired) electrons. The molecule has 94 valence electrons. The first-order chi connectivity index (χ1) is 8.00. The van der Waals surface area contributed by atoms with Gasteiger partial charge < -0.3 is 71.0 Å². The van der Waals surface area contributed by atoms with Gasteiger partial charge in [-0.3, -0.25) is 9.11 Å². The van der Waals surface area contributed by atoms with Crippen LogP contribution >= 0.6 is 0 Å². The molecule has 0 aliphatic rings. The second kappa shape index (κ2) is 230. The van der Waals surface area contributed by atoms with Crippen molar-refractivity contribution in [3.8, 4) is 0 Å². The number of hydrogen-bond donors (Lipinski definition) is 2. The molecular weight excluding hydrogens is 308 g/mol. The summed E-state index contributed by atoms with van der Waals surface area (Å²) in [5.74, 6) is 0. The van der Waals surface area contributed by atoms with Crippen molar-refractivity contribution < 1.29 is 34.6 Å². The molecule has 18 heavy (non-hydrogen) atoms. The SMILES string of the molecule is O=S(=O)(O)O.[C-]#N.[C-]#N.[C-]#N.[C-]#N.[C-]#N.[C-]#N.[Fe+6]. The van der Waals surface area contributed by atoms with Crippen LogP contribution in [0.2, 0.25) is 0 Å². The predicted molar refractivity (Wildman–Crippen MR) is 44.0 cm³/mol. The molecule has 0 aliphatic carbocycles. The van der Waals surface area contributed by atoms with E-state index in [4.69, 9.17) is 88.5 Å². The summed E-state index contributed by atoms with van der Waals surface area (Å²) in [7, 11) is -4.67. The first kappa shape index (κ1) is 58.6. The van der Waals surface area contributed by atoms with Gasteiger partial charge in [0.1, 0.15) is 0 Å². The van der Waals surface area contributed by atoms with E-state index in [1.807, 2.05) is 0 Å². The summed E-state index contributed by atoms with van der Waals surface area (Å²) in [6.45, 7) is 28.5. The molecule has 0 aromatic heterocycles. The standard InChI is InChI=1S/6CN.Fe.H2O4S/c6*1-2;;1-5(2,3)4/h;;;;;;;(H2,1,2,3,4)/q6*-1;+6;. The Morgan fingerprint density at radius 2 is 0.556 bits per heavy atom. The number of rotatable bonds is 0. The van der Waals surface area contributed by atoms with Crippen molar-refractivity contribution in [2.24, 2.45) is 0 Å². The summed E-state index contributed by atoms with van der Waals surface area (Å²) in [4.78, 5) is 0. The fraction of sp³-hybridized carbons (Fsp3) is 0. The van der Waals surface area contributed by atoms with Crippen LogP contribution in [0.15, 0.2) is 0 Å². The fourth-order valence-corrected chi connectivity index (χ4v) is 0. The minimum Gasteiger partial charge on any atom is -0.512 e. The third kappa shape index (κ3) is 284. The molecule has 2 N–H and O–H groups in total. The van der Waals surface area contributed by atoms with Gasteiger partial charge in [-0.05, 0) is 0 Å². The molecule has 0 bridgehead atoms. The summed E-state index contributed by atoms with van der Waals surface area (Å²) < 4.78 is 31.6. The van der Waals surface area contributed by atoms with E-state index in [1.54, 1.807) is 0 Å². The molecule has 0 saturated carbocycles. The molecular formula is C6H2FeN6O4S. The van der Waals surface area contributed by atoms with Gasteiger partial charge in [-0.25, -0.2) is 0 Å². The summed E-state index contributed by atoms with van der Waals surface area (Å²) in [6.07, 6.45) is 0. The van der Waals surface area contributed by atoms with Gasteiger partial charge in [0, 0.05) is 0 Å². The molecule has 0 atom stereocenters. The van der Waals surface area contributed by atoms with Gasteiger partial charge in [-0.1, -0.05) is 0 Å². The Labute approximate surface area is 116 Å². The van der Waals surface area contributed by atoms with Crippen molar-refractivity contribution in [1.82, 2.24) is 0 Å². The zero-order valence-corrected chi connectivity index (χ0v) is 10.1. The smallest absolute Gasteiger partial charge is 0.512 e. The maximum atomic E-state index is 8.74. The molecule has 10 nitrogen and oxygen atoms in total. The van der Waals surface area contributed by atoms with Gasteiger partial charge in [0.15, 0.2) is 0 Å². The third-order valence-electron chi connectivity index (χ3n) is 0. The van der Waals surface area contributed by atoms with Gasteiger partial charge in [0.25, 0.3) is 0 Å². The molecule has 0 heterocycles. The van der Waals surface area contributed by atoms with Crippen LogP contribution in [0.1, 0.15) is 0 Å². The van der Waals surface area contributed by atoms with Crippen molar-refractivity contribution in [2.75, 3.05) is 0 Å². The first-order valence-electron chi connectivity index (χ1n) is 2.04. The van der Waals surface area contributed by atoms with Crippen LogP contribution in [-0.2, 0) is 27.5 Å². The molecule has 0 fully saturated rings. The molecule has 0 aliphatic heterocycles. The van der Waals surface area contributed by atoms with Gasteiger partial charge in [-0.15, -0.1) is 0 Å². The Hall–Kier alpha value is -2.67. The zero-order chi connectivity index (χ0) is 16.5. The van der Waals surface area contributed by atoms with E-state index in [0.29, 0.717) is 0 Å². The Morgan fingerprint density at radius 1 is 0.556 bits per heavy atom. The Morgan fingerprint density at radius 3 is 0.556 bits per heavy atom. The maximum Gasteiger partial charge on any atom is 6.00 e. The van der Waals surface area contributed by atoms with E-state index in [-0.39, 0.29) is 17.1 Å². The largest absolute Gasteiger partial charge is 6.00 e. The normalized spacial score (nSPS) is 3.89. The summed E-state index contributed by atoms with van der Waals surface area (Å²) in [6, 6.07) is 0. The van der Waals surface area contributed by atoms with Crippen LogP contribution in [0.3, 0.4) is 0 Å². The molecule has 0 amide bonds. The third-order valence-corrected chi connectivity index (χ3v) is 0. The van der Waals surface area contributed by atoms with Gasteiger partial charge in [0.2, 0.25) is 0 Å². The van der Waals surface area contributed by atoms with Crippen molar-refractivity contribution in [3.63, 3.8) is 0 Å². The van der Waals surface area contributed by atoms with Crippen LogP contribution in [-0.4, -0.2) is 17.5 Å². The molecule has 0 spiro atoms. The van der Waals surface area contributed by atoms with E-state index in [9.17, 15) is 0 Å². The van der Waals surface area contributed by atoms with E-state index >= 15 is 0 Å². The van der Waals surface area contributed by atoms with Gasteiger partial charge >= 0.3 is 27.5 Å². The molecule has 12 heteroatoms. The summed E-state index contributed by atoms with van der Waals surface area (Å²) in [5.41, 5.74) is 0. The maximum absolute atomic E-state index is 8.74. The van der Waals surface area contributed by atoms with E-state index in [1.165, 1.54) is 0 Å². The molecule has 0 saturated heterocycles. The zero-order valence-electron chi connectivity index (χ0n) is 8.16. The van der Waals surface area contributed by atoms with E-state index < -0.39 is 10.4 Å². The first-order valence-corrected chi connectivity index (χ1v) is 3.44. The predicted octanol–water partition coefficient (Wildman–Crippen LogP) is -0.0771. The number of hydrogen-bond acceptors (Lipinski definition) is 8. The van der Waals surface area contributed by atoms with Gasteiger partial charge in [-0.2, -0.15) is 8.42 Å². The van der Waals surface area contributed by atoms with Crippen molar-refractivity contribution >= 4 is 10.4 Å². The van der Waals surface area contributed by atoms with Crippen molar-refractivity contribution in [3.05, 3.63) is 39.4 Å². The Balaban J connectivity index is -0.0000000114. The van der Waals surface area contributed by atoms with E-state index in [0.717, 1.165) is 0 Å². The minimum atomic E-state index is -4.67. The average molecular weight is 310 g/mol. The van der Waals surface area contributed by atoms with Crippen LogP contribution in [0.4, 0.5) is 0 Å². The van der Waals surface area contributed by atoms with Crippen LogP contribution in [0, 0.1) is 71.0 Å². The Bertz CT molecular complexity index is 260. The molecule has 0 aromatic rings. The fourth-order valence-electron chi connectivity index (χ4n) is 0. The molecule has 0 rings (SSSR count). The van der Waals surface area contributed by atoms with Crippen molar-refractivity contribution in [1.29, 1.82) is 31.6 Å². The Kier molecular flexibility index (Phi) is 748. The van der Waals surface area contributed by atoms with Crippen LogP contribution in [0.25, 0.3) is 0 Å². The average Bonchev–Trinajstić information content (AvgIpc) is 2.41. The topological polar surface area (TPSA) is 217 Å². The second-order valence-electron chi connectivity index (χ2n) is 0.448. The molecule has 0 unspecified atom stereocenters. The van der Waals surface area contributed by atoms with Gasteiger partial charge in [0.05, 0.1) is 0 Å². The summed E-state index contributed by atoms with van der Waals surface area (Å²) in [5, 5.41) is 37.5. The van der Waals surface area contributed by atoms with Crippen LogP contribution < -0.4 is 0 Å². The number of nitrogens with zero attached hydrogens (tertiary/aromatic N) is 6. The summed E-state index contributed by atoms with van der Waals surface area (Å²) >= 11 is 0. The van der Waals surface area contributed by atoms with Crippen LogP contribution in [0.5, 0.6) is 0 Å².